The average Bonchev–Trinajstić information content (AvgIpc) is 2.64. The molecule has 0 atom stereocenters. The Labute approximate surface area is 151 Å². The van der Waals surface area contributed by atoms with Gasteiger partial charge in [0.1, 0.15) is 11.5 Å². The molecule has 2 aromatic carbocycles. The molecular weight excluding hydrogens is 338 g/mol. The monoisotopic (exact) mass is 359 g/mol. The van der Waals surface area contributed by atoms with Gasteiger partial charge in [-0.15, -0.1) is 0 Å². The zero-order chi connectivity index (χ0) is 18.8. The predicted octanol–water partition coefficient (Wildman–Crippen LogP) is 2.82. The number of carbonyl (C=O) groups excluding carboxylic acids is 1. The molecule has 0 aliphatic carbocycles. The third kappa shape index (κ3) is 6.45. The van der Waals surface area contributed by atoms with Crippen LogP contribution in [0.4, 0.5) is 5.69 Å². The fourth-order valence-corrected chi connectivity index (χ4v) is 2.13. The number of anilines is 1. The smallest absolute Gasteiger partial charge is 0.341 e. The van der Waals surface area contributed by atoms with Gasteiger partial charge in [-0.05, 0) is 30.3 Å². The molecule has 0 saturated carbocycles. The summed E-state index contributed by atoms with van der Waals surface area (Å²) in [7, 11) is 1.64. The summed E-state index contributed by atoms with van der Waals surface area (Å²) in [5.41, 5.74) is 0.954. The van der Waals surface area contributed by atoms with Crippen molar-refractivity contribution in [3.8, 4) is 11.5 Å². The van der Waals surface area contributed by atoms with Crippen LogP contribution in [-0.4, -0.2) is 43.9 Å². The van der Waals surface area contributed by atoms with Crippen molar-refractivity contribution >= 4 is 17.6 Å². The van der Waals surface area contributed by atoms with Crippen LogP contribution in [0.3, 0.4) is 0 Å². The maximum Gasteiger partial charge on any atom is 0.341 e. The molecule has 7 nitrogen and oxygen atoms in total. The van der Waals surface area contributed by atoms with Gasteiger partial charge in [0.2, 0.25) is 0 Å². The van der Waals surface area contributed by atoms with E-state index in [2.05, 4.69) is 5.32 Å². The maximum atomic E-state index is 12.4. The Hall–Kier alpha value is -3.06. The van der Waals surface area contributed by atoms with Crippen molar-refractivity contribution in [2.45, 2.75) is 6.42 Å². The van der Waals surface area contributed by atoms with Gasteiger partial charge >= 0.3 is 5.97 Å². The highest BCUT2D eigenvalue weighted by Gasteiger charge is 2.09. The van der Waals surface area contributed by atoms with Crippen molar-refractivity contribution in [2.75, 3.05) is 32.2 Å². The van der Waals surface area contributed by atoms with E-state index in [4.69, 9.17) is 19.3 Å². The van der Waals surface area contributed by atoms with Gasteiger partial charge in [0, 0.05) is 37.5 Å². The van der Waals surface area contributed by atoms with Crippen molar-refractivity contribution in [1.82, 2.24) is 0 Å². The highest BCUT2D eigenvalue weighted by atomic mass is 16.5. The minimum atomic E-state index is -1.08. The van der Waals surface area contributed by atoms with Gasteiger partial charge in [-0.2, -0.15) is 0 Å². The third-order valence-corrected chi connectivity index (χ3v) is 3.31. The van der Waals surface area contributed by atoms with Crippen LogP contribution >= 0.6 is 0 Å². The number of hydrogen-bond donors (Lipinski definition) is 2. The van der Waals surface area contributed by atoms with Crippen LogP contribution in [0.2, 0.25) is 0 Å². The van der Waals surface area contributed by atoms with Crippen LogP contribution in [0.5, 0.6) is 11.5 Å². The lowest BCUT2D eigenvalue weighted by atomic mass is 10.2. The van der Waals surface area contributed by atoms with Crippen LogP contribution in [0.15, 0.2) is 48.5 Å². The summed E-state index contributed by atoms with van der Waals surface area (Å²) in [6.07, 6.45) is 0.774. The molecule has 2 N–H and O–H groups in total. The number of aliphatic carboxylic acids is 1. The molecule has 0 bridgehead atoms. The van der Waals surface area contributed by atoms with E-state index < -0.39 is 12.6 Å². The number of carboxylic acid groups (broad SMARTS) is 1. The lowest BCUT2D eigenvalue weighted by molar-refractivity contribution is -0.139. The Kier molecular flexibility index (Phi) is 7.45. The molecule has 0 heterocycles. The number of carboxylic acids is 1. The number of methoxy groups -OCH3 is 1. The van der Waals surface area contributed by atoms with Gasteiger partial charge in [-0.3, -0.25) is 4.79 Å². The summed E-state index contributed by atoms with van der Waals surface area (Å²) >= 11 is 0. The van der Waals surface area contributed by atoms with E-state index in [0.717, 1.165) is 6.42 Å². The predicted molar refractivity (Wildman–Crippen MR) is 96.0 cm³/mol. The molecule has 7 heteroatoms. The van der Waals surface area contributed by atoms with E-state index in [1.54, 1.807) is 43.5 Å². The summed E-state index contributed by atoms with van der Waals surface area (Å²) in [5, 5.41) is 11.4. The van der Waals surface area contributed by atoms with E-state index in [1.807, 2.05) is 6.07 Å². The van der Waals surface area contributed by atoms with Gasteiger partial charge in [0.15, 0.2) is 6.61 Å². The highest BCUT2D eigenvalue weighted by molar-refractivity contribution is 6.04. The summed E-state index contributed by atoms with van der Waals surface area (Å²) < 4.78 is 15.6. The van der Waals surface area contributed by atoms with E-state index in [9.17, 15) is 9.59 Å². The van der Waals surface area contributed by atoms with E-state index in [1.165, 1.54) is 6.07 Å². The zero-order valence-corrected chi connectivity index (χ0v) is 14.4. The molecular formula is C19H21NO6. The van der Waals surface area contributed by atoms with Gasteiger partial charge in [-0.1, -0.05) is 12.1 Å². The Morgan fingerprint density at radius 3 is 2.46 bits per heavy atom. The highest BCUT2D eigenvalue weighted by Crippen LogP contribution is 2.19. The third-order valence-electron chi connectivity index (χ3n) is 3.31. The van der Waals surface area contributed by atoms with Crippen molar-refractivity contribution in [1.29, 1.82) is 0 Å². The number of rotatable bonds is 10. The number of hydrogen-bond acceptors (Lipinski definition) is 5. The lowest BCUT2D eigenvalue weighted by Gasteiger charge is -2.10. The first-order chi connectivity index (χ1) is 12.6. The van der Waals surface area contributed by atoms with Crippen LogP contribution in [-0.2, 0) is 9.53 Å². The van der Waals surface area contributed by atoms with Crippen LogP contribution < -0.4 is 14.8 Å². The maximum absolute atomic E-state index is 12.4. The minimum Gasteiger partial charge on any atom is -0.493 e. The topological polar surface area (TPSA) is 94.1 Å². The Morgan fingerprint density at radius 2 is 1.73 bits per heavy atom. The number of nitrogens with one attached hydrogen (secondary N) is 1. The second-order valence-electron chi connectivity index (χ2n) is 5.39. The normalized spacial score (nSPS) is 10.2. The Morgan fingerprint density at radius 1 is 1.00 bits per heavy atom. The summed E-state index contributed by atoms with van der Waals surface area (Å²) in [6.45, 7) is 0.679. The first-order valence-corrected chi connectivity index (χ1v) is 8.06. The SMILES string of the molecule is COCCCOc1cccc(NC(=O)c2cccc(OCC(=O)O)c2)c1. The van der Waals surface area contributed by atoms with Crippen molar-refractivity contribution in [3.63, 3.8) is 0 Å². The first kappa shape index (κ1) is 19.3. The molecule has 0 spiro atoms. The molecule has 138 valence electrons. The van der Waals surface area contributed by atoms with Crippen LogP contribution in [0.1, 0.15) is 16.8 Å². The number of carbonyl (C=O) groups is 2. The molecule has 1 amide bonds. The molecule has 2 rings (SSSR count). The molecule has 0 aliphatic heterocycles. The average molecular weight is 359 g/mol. The fourth-order valence-electron chi connectivity index (χ4n) is 2.13. The molecule has 0 aromatic heterocycles. The Bertz CT molecular complexity index is 746. The number of ether oxygens (including phenoxy) is 3. The van der Waals surface area contributed by atoms with Crippen molar-refractivity contribution < 1.29 is 28.9 Å². The standard InChI is InChI=1S/C19H21NO6/c1-24-9-4-10-25-17-8-3-6-15(12-17)20-19(23)14-5-2-7-16(11-14)26-13-18(21)22/h2-3,5-8,11-12H,4,9-10,13H2,1H3,(H,20,23)(H,21,22). The molecule has 0 saturated heterocycles. The summed E-state index contributed by atoms with van der Waals surface area (Å²) in [5.74, 6) is -0.447. The summed E-state index contributed by atoms with van der Waals surface area (Å²) in [6, 6.07) is 13.4. The number of benzene rings is 2. The van der Waals surface area contributed by atoms with Crippen LogP contribution in [0.25, 0.3) is 0 Å². The van der Waals surface area contributed by atoms with E-state index in [0.29, 0.717) is 36.0 Å². The quantitative estimate of drug-likeness (QED) is 0.634. The molecule has 0 unspecified atom stereocenters. The van der Waals surface area contributed by atoms with Crippen LogP contribution in [0, 0.1) is 0 Å². The molecule has 0 aliphatic rings. The second-order valence-corrected chi connectivity index (χ2v) is 5.39. The number of amides is 1. The molecule has 2 aromatic rings. The van der Waals surface area contributed by atoms with Crippen molar-refractivity contribution in [3.05, 3.63) is 54.1 Å². The fraction of sp³-hybridized carbons (Fsp3) is 0.263. The zero-order valence-electron chi connectivity index (χ0n) is 14.4. The van der Waals surface area contributed by atoms with E-state index in [-0.39, 0.29) is 5.91 Å². The minimum absolute atomic E-state index is 0.315. The van der Waals surface area contributed by atoms with Gasteiger partial charge in [-0.25, -0.2) is 4.79 Å². The summed E-state index contributed by atoms with van der Waals surface area (Å²) in [4.78, 5) is 22.9. The van der Waals surface area contributed by atoms with E-state index >= 15 is 0 Å². The van der Waals surface area contributed by atoms with Gasteiger partial charge in [0.25, 0.3) is 5.91 Å². The lowest BCUT2D eigenvalue weighted by Crippen LogP contribution is -2.13. The van der Waals surface area contributed by atoms with Gasteiger partial charge < -0.3 is 24.6 Å². The first-order valence-electron chi connectivity index (χ1n) is 8.06. The van der Waals surface area contributed by atoms with Crippen molar-refractivity contribution in [2.24, 2.45) is 0 Å². The molecule has 26 heavy (non-hydrogen) atoms. The molecule has 0 fully saturated rings. The van der Waals surface area contributed by atoms with Gasteiger partial charge in [0.05, 0.1) is 6.61 Å². The Balaban J connectivity index is 1.96. The largest absolute Gasteiger partial charge is 0.493 e. The molecule has 0 radical (unpaired) electrons. The second kappa shape index (κ2) is 10.0.